The van der Waals surface area contributed by atoms with Gasteiger partial charge >= 0.3 is 5.97 Å². The van der Waals surface area contributed by atoms with Gasteiger partial charge in [-0.05, 0) is 31.0 Å². The molecule has 2 aromatic rings. The van der Waals surface area contributed by atoms with Crippen molar-refractivity contribution >= 4 is 28.7 Å². The molecule has 3 N–H and O–H groups in total. The van der Waals surface area contributed by atoms with E-state index in [1.807, 2.05) is 59.9 Å². The molecule has 2 atom stereocenters. The molecule has 1 heterocycles. The number of rotatable bonds is 9. The third-order valence-corrected chi connectivity index (χ3v) is 6.65. The Hall–Kier alpha value is -3.13. The van der Waals surface area contributed by atoms with Crippen LogP contribution in [-0.2, 0) is 26.8 Å². The van der Waals surface area contributed by atoms with E-state index >= 15 is 0 Å². The van der Waals surface area contributed by atoms with Gasteiger partial charge < -0.3 is 25.2 Å². The van der Waals surface area contributed by atoms with Crippen LogP contribution in [0.25, 0.3) is 10.9 Å². The number of nitrogens with one attached hydrogen (secondary N) is 2. The first-order chi connectivity index (χ1) is 16.1. The first-order valence-corrected chi connectivity index (χ1v) is 11.8. The van der Waals surface area contributed by atoms with Crippen LogP contribution in [0.4, 0.5) is 0 Å². The lowest BCUT2D eigenvalue weighted by Crippen LogP contribution is -2.60. The molecule has 0 fully saturated rings. The summed E-state index contributed by atoms with van der Waals surface area (Å²) >= 11 is 0. The van der Waals surface area contributed by atoms with Crippen molar-refractivity contribution in [3.8, 4) is 0 Å². The van der Waals surface area contributed by atoms with Crippen LogP contribution in [0, 0.1) is 5.41 Å². The van der Waals surface area contributed by atoms with E-state index in [-0.39, 0.29) is 23.9 Å². The zero-order valence-corrected chi connectivity index (χ0v) is 22.4. The molecule has 2 amide bonds. The standard InChI is InChI=1S/C27H40N4O4/c1-17(25(34)35)14-15-30(8)24(33)22(26(2,3)4)29-23(32)21(28-7)27(5,6)19-16-31(9)20-13-11-10-12-18(19)20/h10-14,16,21-22,28H,15H2,1-9H3,(H,29,32)(H,34,35)/b17-14+. The second-order valence-electron chi connectivity index (χ2n) is 10.8. The third-order valence-electron chi connectivity index (χ3n) is 6.65. The fraction of sp³-hybridized carbons (Fsp3) is 0.519. The van der Waals surface area contributed by atoms with Crippen molar-refractivity contribution in [3.05, 3.63) is 47.7 Å². The van der Waals surface area contributed by atoms with Gasteiger partial charge in [-0.15, -0.1) is 0 Å². The number of hydrogen-bond acceptors (Lipinski definition) is 4. The van der Waals surface area contributed by atoms with Crippen molar-refractivity contribution in [3.63, 3.8) is 0 Å². The molecule has 0 radical (unpaired) electrons. The minimum absolute atomic E-state index is 0.135. The van der Waals surface area contributed by atoms with Gasteiger partial charge in [0.25, 0.3) is 0 Å². The number of likely N-dealkylation sites (N-methyl/N-ethyl adjacent to an activating group) is 2. The van der Waals surface area contributed by atoms with Gasteiger partial charge in [-0.25, -0.2) is 4.79 Å². The number of amides is 2. The molecule has 1 aromatic heterocycles. The molecule has 0 aliphatic rings. The first-order valence-electron chi connectivity index (χ1n) is 11.8. The van der Waals surface area contributed by atoms with Crippen molar-refractivity contribution in [1.29, 1.82) is 0 Å². The number of aromatic nitrogens is 1. The summed E-state index contributed by atoms with van der Waals surface area (Å²) in [5.41, 5.74) is 1.13. The summed E-state index contributed by atoms with van der Waals surface area (Å²) in [5, 5.41) is 16.3. The molecule has 0 spiro atoms. The van der Waals surface area contributed by atoms with E-state index in [0.717, 1.165) is 16.5 Å². The van der Waals surface area contributed by atoms with Crippen LogP contribution in [0.5, 0.6) is 0 Å². The molecular weight excluding hydrogens is 444 g/mol. The Bertz CT molecular complexity index is 1120. The summed E-state index contributed by atoms with van der Waals surface area (Å²) in [6.45, 7) is 11.3. The van der Waals surface area contributed by atoms with Crippen molar-refractivity contribution in [1.82, 2.24) is 20.1 Å². The number of carbonyl (C=O) groups is 3. The fourth-order valence-electron chi connectivity index (χ4n) is 4.38. The SMILES string of the molecule is CNC(C(=O)NC(C(=O)N(C)C/C=C(\C)C(=O)O)C(C)(C)C)C(C)(C)c1cn(C)c2ccccc12. The Labute approximate surface area is 208 Å². The van der Waals surface area contributed by atoms with Gasteiger partial charge in [0, 0.05) is 48.7 Å². The van der Waals surface area contributed by atoms with Gasteiger partial charge in [0.05, 0.1) is 6.04 Å². The largest absolute Gasteiger partial charge is 0.478 e. The minimum Gasteiger partial charge on any atom is -0.478 e. The highest BCUT2D eigenvalue weighted by Crippen LogP contribution is 2.34. The second-order valence-corrected chi connectivity index (χ2v) is 10.8. The van der Waals surface area contributed by atoms with Crippen LogP contribution in [0.2, 0.25) is 0 Å². The lowest BCUT2D eigenvalue weighted by atomic mass is 9.76. The molecule has 0 saturated carbocycles. The van der Waals surface area contributed by atoms with Crippen LogP contribution in [0.15, 0.2) is 42.1 Å². The number of para-hydroxylation sites is 1. The van der Waals surface area contributed by atoms with E-state index in [9.17, 15) is 14.4 Å². The quantitative estimate of drug-likeness (QED) is 0.475. The zero-order chi connectivity index (χ0) is 26.7. The molecular formula is C27H40N4O4. The molecule has 8 heteroatoms. The molecule has 0 aliphatic carbocycles. The van der Waals surface area contributed by atoms with Gasteiger partial charge in [0.1, 0.15) is 6.04 Å². The summed E-state index contributed by atoms with van der Waals surface area (Å²) < 4.78 is 2.06. The number of carbonyl (C=O) groups excluding carboxylic acids is 2. The average molecular weight is 485 g/mol. The van der Waals surface area contributed by atoms with E-state index in [2.05, 4.69) is 27.5 Å². The van der Waals surface area contributed by atoms with Gasteiger partial charge in [0.2, 0.25) is 11.8 Å². The molecule has 1 aromatic carbocycles. The van der Waals surface area contributed by atoms with Crippen LogP contribution in [0.1, 0.15) is 47.1 Å². The Morgan fingerprint density at radius 1 is 1.11 bits per heavy atom. The normalized spacial score (nSPS) is 14.5. The molecule has 0 aliphatic heterocycles. The molecule has 192 valence electrons. The van der Waals surface area contributed by atoms with E-state index < -0.39 is 28.9 Å². The number of carboxylic acid groups (broad SMARTS) is 1. The lowest BCUT2D eigenvalue weighted by Gasteiger charge is -2.38. The summed E-state index contributed by atoms with van der Waals surface area (Å²) in [7, 11) is 5.34. The highest BCUT2D eigenvalue weighted by atomic mass is 16.4. The van der Waals surface area contributed by atoms with Gasteiger partial charge in [-0.1, -0.05) is 58.9 Å². The number of hydrogen-bond donors (Lipinski definition) is 3. The van der Waals surface area contributed by atoms with Crippen LogP contribution < -0.4 is 10.6 Å². The van der Waals surface area contributed by atoms with Crippen LogP contribution >= 0.6 is 0 Å². The summed E-state index contributed by atoms with van der Waals surface area (Å²) in [6, 6.07) is 6.68. The highest BCUT2D eigenvalue weighted by molar-refractivity contribution is 5.93. The summed E-state index contributed by atoms with van der Waals surface area (Å²) in [5.74, 6) is -1.58. The van der Waals surface area contributed by atoms with E-state index in [4.69, 9.17) is 5.11 Å². The molecule has 0 saturated heterocycles. The Morgan fingerprint density at radius 2 is 1.71 bits per heavy atom. The number of fused-ring (bicyclic) bond motifs is 1. The maximum absolute atomic E-state index is 13.6. The summed E-state index contributed by atoms with van der Waals surface area (Å²) in [6.07, 6.45) is 3.54. The molecule has 2 rings (SSSR count). The smallest absolute Gasteiger partial charge is 0.331 e. The number of carboxylic acids is 1. The molecule has 35 heavy (non-hydrogen) atoms. The maximum atomic E-state index is 13.6. The van der Waals surface area contributed by atoms with E-state index in [0.29, 0.717) is 0 Å². The van der Waals surface area contributed by atoms with Crippen molar-refractivity contribution in [2.24, 2.45) is 12.5 Å². The topological polar surface area (TPSA) is 104 Å². The predicted octanol–water partition coefficient (Wildman–Crippen LogP) is 3.06. The number of benzene rings is 1. The van der Waals surface area contributed by atoms with Crippen LogP contribution in [0.3, 0.4) is 0 Å². The van der Waals surface area contributed by atoms with Crippen molar-refractivity contribution in [2.75, 3.05) is 20.6 Å². The fourth-order valence-corrected chi connectivity index (χ4v) is 4.38. The number of nitrogens with zero attached hydrogens (tertiary/aromatic N) is 2. The Morgan fingerprint density at radius 3 is 2.26 bits per heavy atom. The predicted molar refractivity (Wildman–Crippen MR) is 139 cm³/mol. The molecule has 8 nitrogen and oxygen atoms in total. The number of aliphatic carboxylic acids is 1. The average Bonchev–Trinajstić information content (AvgIpc) is 3.12. The molecule has 2 unspecified atom stereocenters. The van der Waals surface area contributed by atoms with Crippen molar-refractivity contribution in [2.45, 2.75) is 59.0 Å². The molecule has 0 bridgehead atoms. The lowest BCUT2D eigenvalue weighted by molar-refractivity contribution is -0.139. The third kappa shape index (κ3) is 6.11. The van der Waals surface area contributed by atoms with Gasteiger partial charge in [0.15, 0.2) is 0 Å². The van der Waals surface area contributed by atoms with E-state index in [1.165, 1.54) is 17.9 Å². The van der Waals surface area contributed by atoms with Gasteiger partial charge in [-0.3, -0.25) is 9.59 Å². The zero-order valence-electron chi connectivity index (χ0n) is 22.4. The van der Waals surface area contributed by atoms with Crippen LogP contribution in [-0.4, -0.2) is 65.1 Å². The first kappa shape index (κ1) is 28.1. The van der Waals surface area contributed by atoms with E-state index in [1.54, 1.807) is 14.1 Å². The highest BCUT2D eigenvalue weighted by Gasteiger charge is 2.41. The summed E-state index contributed by atoms with van der Waals surface area (Å²) in [4.78, 5) is 39.5. The number of aryl methyl sites for hydroxylation is 1. The van der Waals surface area contributed by atoms with Crippen molar-refractivity contribution < 1.29 is 19.5 Å². The second kappa shape index (κ2) is 10.6. The Kier molecular flexibility index (Phi) is 8.55. The Balaban J connectivity index is 2.34. The maximum Gasteiger partial charge on any atom is 0.331 e. The monoisotopic (exact) mass is 484 g/mol. The van der Waals surface area contributed by atoms with Gasteiger partial charge in [-0.2, -0.15) is 0 Å². The minimum atomic E-state index is -1.03.